The molecule has 0 amide bonds. The lowest BCUT2D eigenvalue weighted by Gasteiger charge is -2.15. The van der Waals surface area contributed by atoms with Gasteiger partial charge >= 0.3 is 0 Å². The highest BCUT2D eigenvalue weighted by molar-refractivity contribution is 7.99. The van der Waals surface area contributed by atoms with Crippen molar-refractivity contribution in [2.45, 2.75) is 19.4 Å². The molecule has 21 heavy (non-hydrogen) atoms. The van der Waals surface area contributed by atoms with Crippen molar-refractivity contribution >= 4 is 22.9 Å². The number of hydrogen-bond donors (Lipinski definition) is 0. The number of aryl methyl sites for hydroxylation is 1. The first-order chi connectivity index (χ1) is 10.3. The SMILES string of the molecule is Cc1cccc(-c2nc3cccnc3n2C2CCSC2)c1. The van der Waals surface area contributed by atoms with E-state index in [9.17, 15) is 0 Å². The monoisotopic (exact) mass is 295 g/mol. The normalized spacial score (nSPS) is 18.4. The van der Waals surface area contributed by atoms with E-state index in [4.69, 9.17) is 4.98 Å². The second-order valence-electron chi connectivity index (χ2n) is 5.54. The van der Waals surface area contributed by atoms with Crippen molar-refractivity contribution in [3.05, 3.63) is 48.2 Å². The van der Waals surface area contributed by atoms with Crippen molar-refractivity contribution < 1.29 is 0 Å². The summed E-state index contributed by atoms with van der Waals surface area (Å²) in [6.45, 7) is 2.13. The molecule has 106 valence electrons. The molecular weight excluding hydrogens is 278 g/mol. The van der Waals surface area contributed by atoms with Crippen molar-refractivity contribution in [1.82, 2.24) is 14.5 Å². The quantitative estimate of drug-likeness (QED) is 0.713. The second kappa shape index (κ2) is 5.19. The third-order valence-corrected chi connectivity index (χ3v) is 5.14. The van der Waals surface area contributed by atoms with Crippen LogP contribution in [0.2, 0.25) is 0 Å². The number of hydrogen-bond acceptors (Lipinski definition) is 3. The zero-order valence-corrected chi connectivity index (χ0v) is 12.8. The Labute approximate surface area is 128 Å². The van der Waals surface area contributed by atoms with Gasteiger partial charge in [0.15, 0.2) is 5.65 Å². The van der Waals surface area contributed by atoms with Crippen LogP contribution in [0.3, 0.4) is 0 Å². The molecule has 1 aliphatic rings. The van der Waals surface area contributed by atoms with Crippen LogP contribution in [0.25, 0.3) is 22.6 Å². The molecule has 0 spiro atoms. The fourth-order valence-electron chi connectivity index (χ4n) is 2.99. The topological polar surface area (TPSA) is 30.7 Å². The summed E-state index contributed by atoms with van der Waals surface area (Å²) in [7, 11) is 0. The number of fused-ring (bicyclic) bond motifs is 1. The lowest BCUT2D eigenvalue weighted by molar-refractivity contribution is 0.577. The number of thioether (sulfide) groups is 1. The van der Waals surface area contributed by atoms with Crippen LogP contribution >= 0.6 is 11.8 Å². The van der Waals surface area contributed by atoms with Crippen molar-refractivity contribution in [2.24, 2.45) is 0 Å². The molecule has 3 aromatic rings. The molecule has 3 heterocycles. The maximum atomic E-state index is 4.86. The van der Waals surface area contributed by atoms with Crippen molar-refractivity contribution in [1.29, 1.82) is 0 Å². The van der Waals surface area contributed by atoms with Crippen LogP contribution in [-0.2, 0) is 0 Å². The summed E-state index contributed by atoms with van der Waals surface area (Å²) in [5.74, 6) is 3.44. The van der Waals surface area contributed by atoms with E-state index in [1.54, 1.807) is 0 Å². The van der Waals surface area contributed by atoms with Crippen LogP contribution in [-0.4, -0.2) is 26.0 Å². The van der Waals surface area contributed by atoms with Gasteiger partial charge in [-0.15, -0.1) is 0 Å². The van der Waals surface area contributed by atoms with Crippen LogP contribution in [0.4, 0.5) is 0 Å². The second-order valence-corrected chi connectivity index (χ2v) is 6.69. The number of rotatable bonds is 2. The summed E-state index contributed by atoms with van der Waals surface area (Å²) < 4.78 is 2.35. The van der Waals surface area contributed by atoms with Gasteiger partial charge in [-0.1, -0.05) is 23.8 Å². The largest absolute Gasteiger partial charge is 0.305 e. The van der Waals surface area contributed by atoms with Gasteiger partial charge < -0.3 is 4.57 Å². The zero-order chi connectivity index (χ0) is 14.2. The molecule has 1 saturated heterocycles. The van der Waals surface area contributed by atoms with Gasteiger partial charge in [0.1, 0.15) is 11.3 Å². The zero-order valence-electron chi connectivity index (χ0n) is 12.0. The van der Waals surface area contributed by atoms with E-state index in [2.05, 4.69) is 46.8 Å². The Kier molecular flexibility index (Phi) is 3.19. The number of nitrogens with zero attached hydrogens (tertiary/aromatic N) is 3. The Hall–Kier alpha value is -1.81. The van der Waals surface area contributed by atoms with Crippen molar-refractivity contribution in [2.75, 3.05) is 11.5 Å². The van der Waals surface area contributed by atoms with Gasteiger partial charge in [-0.25, -0.2) is 9.97 Å². The van der Waals surface area contributed by atoms with E-state index in [1.165, 1.54) is 23.3 Å². The number of aromatic nitrogens is 3. The minimum absolute atomic E-state index is 0.505. The van der Waals surface area contributed by atoms with Gasteiger partial charge in [-0.05, 0) is 37.3 Å². The molecule has 0 radical (unpaired) electrons. The smallest absolute Gasteiger partial charge is 0.160 e. The summed E-state index contributed by atoms with van der Waals surface area (Å²) >= 11 is 2.02. The Morgan fingerprint density at radius 3 is 3.00 bits per heavy atom. The molecule has 1 atom stereocenters. The molecule has 2 aromatic heterocycles. The standard InChI is InChI=1S/C17H17N3S/c1-12-4-2-5-13(10-12)16-19-15-6-3-8-18-17(15)20(16)14-7-9-21-11-14/h2-6,8,10,14H,7,9,11H2,1H3. The maximum Gasteiger partial charge on any atom is 0.160 e. The maximum absolute atomic E-state index is 4.86. The van der Waals surface area contributed by atoms with Crippen LogP contribution in [0.15, 0.2) is 42.6 Å². The predicted molar refractivity (Wildman–Crippen MR) is 88.7 cm³/mol. The minimum Gasteiger partial charge on any atom is -0.305 e. The molecule has 4 heteroatoms. The Balaban J connectivity index is 1.97. The number of benzene rings is 1. The fourth-order valence-corrected chi connectivity index (χ4v) is 4.18. The van der Waals surface area contributed by atoms with Crippen LogP contribution in [0.5, 0.6) is 0 Å². The van der Waals surface area contributed by atoms with Gasteiger partial charge in [-0.2, -0.15) is 11.8 Å². The molecule has 1 unspecified atom stereocenters. The molecule has 0 bridgehead atoms. The van der Waals surface area contributed by atoms with E-state index in [0.717, 1.165) is 22.7 Å². The molecule has 0 aliphatic carbocycles. The van der Waals surface area contributed by atoms with E-state index in [-0.39, 0.29) is 0 Å². The highest BCUT2D eigenvalue weighted by atomic mass is 32.2. The van der Waals surface area contributed by atoms with Gasteiger partial charge in [-0.3, -0.25) is 0 Å². The Morgan fingerprint density at radius 2 is 2.19 bits per heavy atom. The molecule has 1 fully saturated rings. The Morgan fingerprint density at radius 1 is 1.24 bits per heavy atom. The third-order valence-electron chi connectivity index (χ3n) is 4.00. The summed E-state index contributed by atoms with van der Waals surface area (Å²) in [6, 6.07) is 13.1. The van der Waals surface area contributed by atoms with E-state index in [1.807, 2.05) is 24.0 Å². The van der Waals surface area contributed by atoms with Crippen molar-refractivity contribution in [3.63, 3.8) is 0 Å². The number of imidazole rings is 1. The van der Waals surface area contributed by atoms with E-state index < -0.39 is 0 Å². The van der Waals surface area contributed by atoms with Gasteiger partial charge in [0.05, 0.1) is 0 Å². The third kappa shape index (κ3) is 2.23. The lowest BCUT2D eigenvalue weighted by Crippen LogP contribution is -2.10. The van der Waals surface area contributed by atoms with Gasteiger partial charge in [0.2, 0.25) is 0 Å². The Bertz CT molecular complexity index is 788. The average Bonchev–Trinajstić information content (AvgIpc) is 3.14. The van der Waals surface area contributed by atoms with E-state index in [0.29, 0.717) is 6.04 Å². The van der Waals surface area contributed by atoms with Gasteiger partial charge in [0.25, 0.3) is 0 Å². The van der Waals surface area contributed by atoms with Gasteiger partial charge in [0, 0.05) is 23.6 Å². The molecule has 3 nitrogen and oxygen atoms in total. The van der Waals surface area contributed by atoms with Crippen LogP contribution < -0.4 is 0 Å². The van der Waals surface area contributed by atoms with E-state index >= 15 is 0 Å². The minimum atomic E-state index is 0.505. The first-order valence-electron chi connectivity index (χ1n) is 7.30. The summed E-state index contributed by atoms with van der Waals surface area (Å²) in [5.41, 5.74) is 4.46. The molecule has 4 rings (SSSR count). The molecular formula is C17H17N3S. The molecule has 0 N–H and O–H groups in total. The molecule has 1 aliphatic heterocycles. The lowest BCUT2D eigenvalue weighted by atomic mass is 10.1. The molecule has 0 saturated carbocycles. The first kappa shape index (κ1) is 12.9. The summed E-state index contributed by atoms with van der Waals surface area (Å²) in [5, 5.41) is 0. The fraction of sp³-hybridized carbons (Fsp3) is 0.294. The number of pyridine rings is 1. The predicted octanol–water partition coefficient (Wildman–Crippen LogP) is 4.08. The first-order valence-corrected chi connectivity index (χ1v) is 8.46. The average molecular weight is 295 g/mol. The van der Waals surface area contributed by atoms with Crippen LogP contribution in [0, 0.1) is 6.92 Å². The molecule has 1 aromatic carbocycles. The summed E-state index contributed by atoms with van der Waals surface area (Å²) in [6.07, 6.45) is 3.06. The highest BCUT2D eigenvalue weighted by Gasteiger charge is 2.24. The summed E-state index contributed by atoms with van der Waals surface area (Å²) in [4.78, 5) is 9.45. The van der Waals surface area contributed by atoms with Crippen molar-refractivity contribution in [3.8, 4) is 11.4 Å². The van der Waals surface area contributed by atoms with Crippen LogP contribution in [0.1, 0.15) is 18.0 Å². The highest BCUT2D eigenvalue weighted by Crippen LogP contribution is 2.35.